The number of benzene rings is 1. The molecule has 0 atom stereocenters. The lowest BCUT2D eigenvalue weighted by atomic mass is 10.0. The molecular weight excluding hydrogens is 236 g/mol. The molecule has 0 unspecified atom stereocenters. The summed E-state index contributed by atoms with van der Waals surface area (Å²) in [6, 6.07) is 5.36. The van der Waals surface area contributed by atoms with Gasteiger partial charge in [-0.2, -0.15) is 0 Å². The van der Waals surface area contributed by atoms with Crippen LogP contribution in [0.3, 0.4) is 0 Å². The first-order valence-corrected chi connectivity index (χ1v) is 6.25. The molecule has 0 heterocycles. The Morgan fingerprint density at radius 3 is 2.71 bits per heavy atom. The van der Waals surface area contributed by atoms with Gasteiger partial charge in [0.15, 0.2) is 0 Å². The number of rotatable bonds is 6. The zero-order valence-electron chi connectivity index (χ0n) is 10.6. The fourth-order valence-electron chi connectivity index (χ4n) is 1.64. The number of halogens is 1. The zero-order valence-corrected chi connectivity index (χ0v) is 11.4. The monoisotopic (exact) mass is 254 g/mol. The van der Waals surface area contributed by atoms with Crippen molar-refractivity contribution in [3.05, 3.63) is 28.8 Å². The number of ether oxygens (including phenoxy) is 1. The molecule has 0 aliphatic rings. The highest BCUT2D eigenvalue weighted by Gasteiger charge is 2.10. The summed E-state index contributed by atoms with van der Waals surface area (Å²) in [5.74, 6) is 1.52. The van der Waals surface area contributed by atoms with E-state index in [9.17, 15) is 4.79 Å². The summed E-state index contributed by atoms with van der Waals surface area (Å²) in [5, 5.41) is 0.637. The number of ketones is 1. The Morgan fingerprint density at radius 2 is 2.12 bits per heavy atom. The largest absolute Gasteiger partial charge is 0.496 e. The molecule has 17 heavy (non-hydrogen) atoms. The average Bonchev–Trinajstić information content (AvgIpc) is 2.27. The molecule has 0 saturated heterocycles. The van der Waals surface area contributed by atoms with Gasteiger partial charge in [-0.15, -0.1) is 0 Å². The summed E-state index contributed by atoms with van der Waals surface area (Å²) >= 11 is 5.92. The zero-order chi connectivity index (χ0) is 12.8. The molecule has 1 rings (SSSR count). The van der Waals surface area contributed by atoms with E-state index in [-0.39, 0.29) is 5.78 Å². The molecule has 0 aliphatic carbocycles. The third kappa shape index (κ3) is 4.78. The van der Waals surface area contributed by atoms with Gasteiger partial charge < -0.3 is 4.74 Å². The fourth-order valence-corrected chi connectivity index (χ4v) is 1.83. The maximum Gasteiger partial charge on any atom is 0.137 e. The predicted octanol–water partition coefficient (Wildman–Crippen LogP) is 3.90. The third-order valence-electron chi connectivity index (χ3n) is 2.63. The molecule has 94 valence electrons. The van der Waals surface area contributed by atoms with Gasteiger partial charge in [0.1, 0.15) is 11.5 Å². The van der Waals surface area contributed by atoms with E-state index >= 15 is 0 Å². The first-order chi connectivity index (χ1) is 8.02. The van der Waals surface area contributed by atoms with Crippen molar-refractivity contribution in [2.45, 2.75) is 33.1 Å². The van der Waals surface area contributed by atoms with E-state index in [0.29, 0.717) is 23.8 Å². The van der Waals surface area contributed by atoms with Crippen molar-refractivity contribution >= 4 is 17.4 Å². The second kappa shape index (κ2) is 6.65. The quantitative estimate of drug-likeness (QED) is 0.770. The SMILES string of the molecule is COc1ccc(Cl)cc1CC(=O)CCC(C)C. The van der Waals surface area contributed by atoms with E-state index < -0.39 is 0 Å². The number of hydrogen-bond acceptors (Lipinski definition) is 2. The van der Waals surface area contributed by atoms with Crippen molar-refractivity contribution in [2.24, 2.45) is 5.92 Å². The number of carbonyl (C=O) groups is 1. The molecule has 3 heteroatoms. The summed E-state index contributed by atoms with van der Waals surface area (Å²) in [4.78, 5) is 11.8. The standard InChI is InChI=1S/C14H19ClO2/c1-10(2)4-6-13(16)9-11-8-12(15)5-7-14(11)17-3/h5,7-8,10H,4,6,9H2,1-3H3. The van der Waals surface area contributed by atoms with Gasteiger partial charge in [-0.05, 0) is 30.5 Å². The molecule has 1 aromatic carbocycles. The van der Waals surface area contributed by atoms with Crippen molar-refractivity contribution in [1.29, 1.82) is 0 Å². The van der Waals surface area contributed by atoms with Crippen LogP contribution in [-0.2, 0) is 11.2 Å². The maximum absolute atomic E-state index is 11.8. The summed E-state index contributed by atoms with van der Waals surface area (Å²) < 4.78 is 5.22. The van der Waals surface area contributed by atoms with Crippen molar-refractivity contribution in [2.75, 3.05) is 7.11 Å². The van der Waals surface area contributed by atoms with E-state index in [2.05, 4.69) is 13.8 Å². The molecule has 2 nitrogen and oxygen atoms in total. The van der Waals surface area contributed by atoms with Gasteiger partial charge in [0.2, 0.25) is 0 Å². The van der Waals surface area contributed by atoms with Crippen LogP contribution in [0.15, 0.2) is 18.2 Å². The maximum atomic E-state index is 11.8. The van der Waals surface area contributed by atoms with Gasteiger partial charge >= 0.3 is 0 Å². The summed E-state index contributed by atoms with van der Waals surface area (Å²) in [5.41, 5.74) is 0.869. The Morgan fingerprint density at radius 1 is 1.41 bits per heavy atom. The first kappa shape index (κ1) is 14.0. The van der Waals surface area contributed by atoms with Gasteiger partial charge in [0, 0.05) is 23.4 Å². The predicted molar refractivity (Wildman–Crippen MR) is 70.8 cm³/mol. The minimum atomic E-state index is 0.235. The Labute approximate surface area is 108 Å². The van der Waals surface area contributed by atoms with E-state index in [1.54, 1.807) is 25.3 Å². The number of hydrogen-bond donors (Lipinski definition) is 0. The lowest BCUT2D eigenvalue weighted by Gasteiger charge is -2.09. The molecule has 0 fully saturated rings. The van der Waals surface area contributed by atoms with Crippen LogP contribution in [0.5, 0.6) is 5.75 Å². The summed E-state index contributed by atoms with van der Waals surface area (Å²) in [6.07, 6.45) is 1.95. The van der Waals surface area contributed by atoms with Crippen LogP contribution in [-0.4, -0.2) is 12.9 Å². The molecule has 0 aliphatic heterocycles. The smallest absolute Gasteiger partial charge is 0.137 e. The highest BCUT2D eigenvalue weighted by molar-refractivity contribution is 6.30. The molecule has 0 amide bonds. The van der Waals surface area contributed by atoms with E-state index in [1.807, 2.05) is 0 Å². The molecule has 0 saturated carbocycles. The molecule has 0 N–H and O–H groups in total. The third-order valence-corrected chi connectivity index (χ3v) is 2.87. The van der Waals surface area contributed by atoms with Crippen LogP contribution in [0.4, 0.5) is 0 Å². The lowest BCUT2D eigenvalue weighted by molar-refractivity contribution is -0.118. The van der Waals surface area contributed by atoms with Gasteiger partial charge in [0.25, 0.3) is 0 Å². The Bertz CT molecular complexity index is 386. The summed E-state index contributed by atoms with van der Waals surface area (Å²) in [6.45, 7) is 4.24. The van der Waals surface area contributed by atoms with E-state index in [0.717, 1.165) is 17.7 Å². The molecule has 0 aromatic heterocycles. The van der Waals surface area contributed by atoms with Crippen LogP contribution in [0.25, 0.3) is 0 Å². The Kier molecular flexibility index (Phi) is 5.49. The molecule has 1 aromatic rings. The molecular formula is C14H19ClO2. The van der Waals surface area contributed by atoms with Crippen molar-refractivity contribution < 1.29 is 9.53 Å². The van der Waals surface area contributed by atoms with Crippen molar-refractivity contribution in [1.82, 2.24) is 0 Å². The minimum absolute atomic E-state index is 0.235. The van der Waals surface area contributed by atoms with Gasteiger partial charge in [0.05, 0.1) is 7.11 Å². The second-order valence-corrected chi connectivity index (χ2v) is 5.04. The summed E-state index contributed by atoms with van der Waals surface area (Å²) in [7, 11) is 1.60. The van der Waals surface area contributed by atoms with E-state index in [4.69, 9.17) is 16.3 Å². The van der Waals surface area contributed by atoms with Crippen LogP contribution in [0.1, 0.15) is 32.3 Å². The van der Waals surface area contributed by atoms with Crippen LogP contribution in [0, 0.1) is 5.92 Å². The highest BCUT2D eigenvalue weighted by atomic mass is 35.5. The molecule has 0 radical (unpaired) electrons. The lowest BCUT2D eigenvalue weighted by Crippen LogP contribution is -2.05. The number of Topliss-reactive ketones (excluding diaryl/α,β-unsaturated/α-hetero) is 1. The van der Waals surface area contributed by atoms with Crippen LogP contribution >= 0.6 is 11.6 Å². The fraction of sp³-hybridized carbons (Fsp3) is 0.500. The molecule has 0 bridgehead atoms. The Hall–Kier alpha value is -1.02. The topological polar surface area (TPSA) is 26.3 Å². The van der Waals surface area contributed by atoms with Crippen molar-refractivity contribution in [3.63, 3.8) is 0 Å². The van der Waals surface area contributed by atoms with Gasteiger partial charge in [-0.1, -0.05) is 25.4 Å². The van der Waals surface area contributed by atoms with Crippen LogP contribution in [0.2, 0.25) is 5.02 Å². The average molecular weight is 255 g/mol. The highest BCUT2D eigenvalue weighted by Crippen LogP contribution is 2.23. The molecule has 0 spiro atoms. The Balaban J connectivity index is 2.66. The van der Waals surface area contributed by atoms with Gasteiger partial charge in [-0.3, -0.25) is 4.79 Å². The van der Waals surface area contributed by atoms with Gasteiger partial charge in [-0.25, -0.2) is 0 Å². The number of carbonyl (C=O) groups excluding carboxylic acids is 1. The first-order valence-electron chi connectivity index (χ1n) is 5.87. The number of methoxy groups -OCH3 is 1. The van der Waals surface area contributed by atoms with Crippen LogP contribution < -0.4 is 4.74 Å². The van der Waals surface area contributed by atoms with E-state index in [1.165, 1.54) is 0 Å². The minimum Gasteiger partial charge on any atom is -0.496 e. The van der Waals surface area contributed by atoms with Crippen molar-refractivity contribution in [3.8, 4) is 5.75 Å². The normalized spacial score (nSPS) is 10.6. The second-order valence-electron chi connectivity index (χ2n) is 4.60.